The normalized spacial score (nSPS) is 12.5. The van der Waals surface area contributed by atoms with Crippen molar-refractivity contribution in [3.63, 3.8) is 0 Å². The zero-order chi connectivity index (χ0) is 30.0. The monoisotopic (exact) mass is 587 g/mol. The Morgan fingerprint density at radius 2 is 1.43 bits per heavy atom. The first-order valence-corrected chi connectivity index (χ1v) is 15.1. The Labute approximate surface area is 234 Å². The number of carboxylic acid groups (broad SMARTS) is 1. The van der Waals surface area contributed by atoms with Crippen LogP contribution in [0.15, 0.2) is 69.5 Å². The number of carbonyl (C=O) groups is 1. The van der Waals surface area contributed by atoms with Crippen LogP contribution in [-0.2, 0) is 24.8 Å². The number of guanidine groups is 1. The molecule has 11 nitrogen and oxygen atoms in total. The summed E-state index contributed by atoms with van der Waals surface area (Å²) in [5, 5.41) is 13.4. The van der Waals surface area contributed by atoms with Gasteiger partial charge in [0.2, 0.25) is 16.0 Å². The number of aliphatic carboxylic acids is 1. The third kappa shape index (κ3) is 6.27. The summed E-state index contributed by atoms with van der Waals surface area (Å²) in [5.74, 6) is -1.80. The smallest absolute Gasteiger partial charge is 0.305 e. The SMILES string of the molecule is Cc1c(C)c(C)c(S(=O)(=O)NC(CC(=O)O)c2cccc(N(N=C(N)N)S(=O)(=O)c3ccccc3)c2)c(C)c1C. The number of hydrogen-bond acceptors (Lipinski definition) is 6. The average Bonchev–Trinajstić information content (AvgIpc) is 2.89. The first-order valence-electron chi connectivity index (χ1n) is 12.2. The second-order valence-corrected chi connectivity index (χ2v) is 12.8. The number of nitrogens with two attached hydrogens (primary N) is 2. The van der Waals surface area contributed by atoms with Gasteiger partial charge in [0.25, 0.3) is 10.0 Å². The molecule has 0 aliphatic rings. The Kier molecular flexibility index (Phi) is 8.92. The first kappa shape index (κ1) is 30.6. The largest absolute Gasteiger partial charge is 0.481 e. The number of hydrazone groups is 1. The molecule has 0 saturated heterocycles. The lowest BCUT2D eigenvalue weighted by Crippen LogP contribution is -2.34. The molecule has 3 rings (SSSR count). The average molecular weight is 588 g/mol. The number of rotatable bonds is 10. The molecule has 3 aromatic carbocycles. The first-order chi connectivity index (χ1) is 18.6. The Bertz CT molecular complexity index is 1650. The number of anilines is 1. The van der Waals surface area contributed by atoms with Gasteiger partial charge in [-0.3, -0.25) is 4.79 Å². The Hall–Kier alpha value is -3.94. The molecule has 40 heavy (non-hydrogen) atoms. The summed E-state index contributed by atoms with van der Waals surface area (Å²) in [6.07, 6.45) is -0.613. The molecule has 0 aliphatic heterocycles. The van der Waals surface area contributed by atoms with E-state index in [1.807, 2.05) is 20.8 Å². The Morgan fingerprint density at radius 1 is 0.875 bits per heavy atom. The quantitative estimate of drug-likeness (QED) is 0.158. The minimum absolute atomic E-state index is 0.0290. The minimum atomic E-state index is -4.29. The molecule has 0 aliphatic carbocycles. The standard InChI is InChI=1S/C27H33N5O6S2/c1-16-17(2)19(4)26(20(5)18(16)3)39(35,36)31-24(15-25(33)34)21-10-9-11-22(14-21)32(30-27(28)29)40(37,38)23-12-7-6-8-13-23/h6-14,24,31H,15H2,1-5H3,(H,33,34)(H4,28,29,30). The van der Waals surface area contributed by atoms with Gasteiger partial charge < -0.3 is 16.6 Å². The lowest BCUT2D eigenvalue weighted by molar-refractivity contribution is -0.137. The molecule has 3 aromatic rings. The minimum Gasteiger partial charge on any atom is -0.481 e. The molecule has 6 N–H and O–H groups in total. The summed E-state index contributed by atoms with van der Waals surface area (Å²) in [4.78, 5) is 11.8. The fourth-order valence-corrected chi connectivity index (χ4v) is 7.54. The zero-order valence-electron chi connectivity index (χ0n) is 22.8. The number of sulfonamides is 2. The van der Waals surface area contributed by atoms with E-state index in [1.165, 1.54) is 48.5 Å². The van der Waals surface area contributed by atoms with E-state index in [-0.39, 0.29) is 21.0 Å². The van der Waals surface area contributed by atoms with E-state index in [9.17, 15) is 26.7 Å². The van der Waals surface area contributed by atoms with Crippen molar-refractivity contribution < 1.29 is 26.7 Å². The van der Waals surface area contributed by atoms with E-state index in [0.717, 1.165) is 16.7 Å². The van der Waals surface area contributed by atoms with Crippen molar-refractivity contribution in [3.8, 4) is 0 Å². The van der Waals surface area contributed by atoms with Crippen LogP contribution in [0.4, 0.5) is 5.69 Å². The number of nitrogens with one attached hydrogen (secondary N) is 1. The van der Waals surface area contributed by atoms with Gasteiger partial charge in [-0.2, -0.15) is 12.8 Å². The molecular weight excluding hydrogens is 554 g/mol. The number of carboxylic acids is 1. The van der Waals surface area contributed by atoms with Gasteiger partial charge >= 0.3 is 5.97 Å². The third-order valence-corrected chi connectivity index (χ3v) is 10.2. The molecule has 1 atom stereocenters. The van der Waals surface area contributed by atoms with Crippen molar-refractivity contribution in [2.24, 2.45) is 16.6 Å². The summed E-state index contributed by atoms with van der Waals surface area (Å²) in [6, 6.07) is 11.9. The molecule has 0 fully saturated rings. The van der Waals surface area contributed by atoms with Gasteiger partial charge in [0.05, 0.1) is 27.9 Å². The summed E-state index contributed by atoms with van der Waals surface area (Å²) in [6.45, 7) is 8.99. The molecular formula is C27H33N5O6S2. The van der Waals surface area contributed by atoms with Crippen molar-refractivity contribution in [2.45, 2.75) is 56.9 Å². The molecule has 0 radical (unpaired) electrons. The van der Waals surface area contributed by atoms with Crippen LogP contribution in [-0.4, -0.2) is 33.9 Å². The summed E-state index contributed by atoms with van der Waals surface area (Å²) < 4.78 is 57.4. The van der Waals surface area contributed by atoms with E-state index < -0.39 is 44.4 Å². The van der Waals surface area contributed by atoms with Gasteiger partial charge in [-0.15, -0.1) is 5.10 Å². The molecule has 0 aromatic heterocycles. The second-order valence-electron chi connectivity index (χ2n) is 9.41. The maximum atomic E-state index is 13.7. The van der Waals surface area contributed by atoms with Crippen molar-refractivity contribution >= 4 is 37.7 Å². The van der Waals surface area contributed by atoms with Gasteiger partial charge in [0.15, 0.2) is 0 Å². The molecule has 13 heteroatoms. The zero-order valence-corrected chi connectivity index (χ0v) is 24.5. The fraction of sp³-hybridized carbons (Fsp3) is 0.259. The van der Waals surface area contributed by atoms with Crippen molar-refractivity contribution in [1.82, 2.24) is 4.72 Å². The van der Waals surface area contributed by atoms with E-state index in [1.54, 1.807) is 19.9 Å². The van der Waals surface area contributed by atoms with Crippen LogP contribution < -0.4 is 20.6 Å². The lowest BCUT2D eigenvalue weighted by Gasteiger charge is -2.24. The van der Waals surface area contributed by atoms with E-state index in [4.69, 9.17) is 11.5 Å². The van der Waals surface area contributed by atoms with Crippen LogP contribution in [0.25, 0.3) is 0 Å². The van der Waals surface area contributed by atoms with Crippen molar-refractivity contribution in [3.05, 3.63) is 88.0 Å². The molecule has 0 amide bonds. The summed E-state index contributed by atoms with van der Waals surface area (Å²) >= 11 is 0. The molecule has 0 heterocycles. The topological polar surface area (TPSA) is 185 Å². The Morgan fingerprint density at radius 3 is 1.95 bits per heavy atom. The highest BCUT2D eigenvalue weighted by molar-refractivity contribution is 7.92. The van der Waals surface area contributed by atoms with Crippen LogP contribution in [0.3, 0.4) is 0 Å². The predicted octanol–water partition coefficient (Wildman–Crippen LogP) is 3.11. The van der Waals surface area contributed by atoms with Crippen LogP contribution >= 0.6 is 0 Å². The van der Waals surface area contributed by atoms with Crippen molar-refractivity contribution in [1.29, 1.82) is 0 Å². The van der Waals surface area contributed by atoms with E-state index >= 15 is 0 Å². The highest BCUT2D eigenvalue weighted by atomic mass is 32.2. The van der Waals surface area contributed by atoms with Gasteiger partial charge in [-0.1, -0.05) is 30.3 Å². The van der Waals surface area contributed by atoms with Crippen LogP contribution in [0.2, 0.25) is 0 Å². The van der Waals surface area contributed by atoms with Crippen LogP contribution in [0, 0.1) is 34.6 Å². The van der Waals surface area contributed by atoms with Gasteiger partial charge in [0.1, 0.15) is 0 Å². The van der Waals surface area contributed by atoms with E-state index in [0.29, 0.717) is 15.5 Å². The fourth-order valence-electron chi connectivity index (χ4n) is 4.43. The highest BCUT2D eigenvalue weighted by Gasteiger charge is 2.30. The van der Waals surface area contributed by atoms with Crippen LogP contribution in [0.1, 0.15) is 45.8 Å². The molecule has 214 valence electrons. The summed E-state index contributed by atoms with van der Waals surface area (Å²) in [7, 11) is -8.50. The Balaban J connectivity index is 2.15. The molecule has 0 spiro atoms. The van der Waals surface area contributed by atoms with Gasteiger partial charge in [0, 0.05) is 0 Å². The van der Waals surface area contributed by atoms with Crippen LogP contribution in [0.5, 0.6) is 0 Å². The molecule has 1 unspecified atom stereocenters. The highest BCUT2D eigenvalue weighted by Crippen LogP contribution is 2.32. The lowest BCUT2D eigenvalue weighted by atomic mass is 9.95. The van der Waals surface area contributed by atoms with Gasteiger partial charge in [-0.25, -0.2) is 13.1 Å². The maximum Gasteiger partial charge on any atom is 0.305 e. The molecule has 0 saturated carbocycles. The second kappa shape index (κ2) is 11.7. The number of nitrogens with zero attached hydrogens (tertiary/aromatic N) is 2. The summed E-state index contributed by atoms with van der Waals surface area (Å²) in [5.41, 5.74) is 15.0. The predicted molar refractivity (Wildman–Crippen MR) is 154 cm³/mol. The van der Waals surface area contributed by atoms with Gasteiger partial charge in [-0.05, 0) is 92.3 Å². The number of benzene rings is 3. The number of hydrogen-bond donors (Lipinski definition) is 4. The third-order valence-electron chi connectivity index (χ3n) is 6.84. The molecule has 0 bridgehead atoms. The maximum absolute atomic E-state index is 13.7. The van der Waals surface area contributed by atoms with Crippen molar-refractivity contribution in [2.75, 3.05) is 4.41 Å². The van der Waals surface area contributed by atoms with E-state index in [2.05, 4.69) is 9.82 Å².